The molecule has 0 aliphatic heterocycles. The topological polar surface area (TPSA) is 91.3 Å². The van der Waals surface area contributed by atoms with Crippen LogP contribution in [-0.4, -0.2) is 46.7 Å². The fraction of sp³-hybridized carbons (Fsp3) is 0.545. The second kappa shape index (κ2) is 13.1. The fourth-order valence-corrected chi connectivity index (χ4v) is 6.54. The molecule has 0 atom stereocenters. The quantitative estimate of drug-likeness (QED) is 0.224. The van der Waals surface area contributed by atoms with Gasteiger partial charge in [-0.3, -0.25) is 9.59 Å². The number of nitrogens with one attached hydrogen (secondary N) is 3. The van der Waals surface area contributed by atoms with E-state index in [-0.39, 0.29) is 56.1 Å². The van der Waals surface area contributed by atoms with Gasteiger partial charge in [-0.1, -0.05) is 50.0 Å². The van der Waals surface area contributed by atoms with Crippen molar-refractivity contribution in [2.45, 2.75) is 90.5 Å². The zero-order valence-electron chi connectivity index (χ0n) is 26.7. The van der Waals surface area contributed by atoms with Crippen molar-refractivity contribution in [1.82, 2.24) is 20.2 Å². The van der Waals surface area contributed by atoms with E-state index in [1.165, 1.54) is 0 Å². The SMILES string of the molecule is CN(c1cc2c(cc1C(=O)N[C@H]1CC[C@H](C(F)(F)F)CC1)nc(Nc1c(Cl)ccc(CNC(=O)C(C)(C)C)c1Cl)n2C)C1CCC1. The number of halogens is 5. The standard InChI is InChI=1S/C33H41Cl2F3N6O2/c1-32(2,3)30(46)39-17-18-9-14-23(34)28(27(18)35)42-31-41-24-15-22(25(16-26(24)44(31)5)43(4)21-7-6-8-21)29(45)40-20-12-10-19(11-13-20)33(36,37)38/h9,14-16,19-21H,6-8,10-13,17H2,1-5H3,(H,39,46)(H,40,45)(H,41,42)/t19-,20-. The Kier molecular flexibility index (Phi) is 9.76. The number of carbonyl (C=O) groups is 2. The molecular formula is C33H41Cl2F3N6O2. The van der Waals surface area contributed by atoms with Gasteiger partial charge in [0.2, 0.25) is 11.9 Å². The third-order valence-electron chi connectivity index (χ3n) is 9.30. The van der Waals surface area contributed by atoms with Crippen LogP contribution in [0.2, 0.25) is 10.0 Å². The summed E-state index contributed by atoms with van der Waals surface area (Å²) in [6, 6.07) is 7.10. The van der Waals surface area contributed by atoms with Gasteiger partial charge in [-0.05, 0) is 68.7 Å². The summed E-state index contributed by atoms with van der Waals surface area (Å²) in [7, 11) is 3.81. The third kappa shape index (κ3) is 7.20. The van der Waals surface area contributed by atoms with Gasteiger partial charge in [-0.2, -0.15) is 13.2 Å². The first-order valence-electron chi connectivity index (χ1n) is 15.7. The Morgan fingerprint density at radius 2 is 1.72 bits per heavy atom. The molecule has 5 rings (SSSR count). The van der Waals surface area contributed by atoms with Crippen LogP contribution in [0.25, 0.3) is 11.0 Å². The van der Waals surface area contributed by atoms with E-state index in [0.717, 1.165) is 30.5 Å². The van der Waals surface area contributed by atoms with E-state index in [1.807, 2.05) is 45.5 Å². The number of fused-ring (bicyclic) bond motifs is 1. The number of imidazole rings is 1. The van der Waals surface area contributed by atoms with Crippen molar-refractivity contribution in [3.05, 3.63) is 45.4 Å². The lowest BCUT2D eigenvalue weighted by Gasteiger charge is -2.37. The Labute approximate surface area is 277 Å². The summed E-state index contributed by atoms with van der Waals surface area (Å²) in [6.07, 6.45) is -0.492. The predicted octanol–water partition coefficient (Wildman–Crippen LogP) is 8.13. The zero-order valence-corrected chi connectivity index (χ0v) is 28.3. The molecule has 0 bridgehead atoms. The molecular weight excluding hydrogens is 640 g/mol. The van der Waals surface area contributed by atoms with Gasteiger partial charge >= 0.3 is 6.18 Å². The van der Waals surface area contributed by atoms with Crippen LogP contribution in [0.5, 0.6) is 0 Å². The molecule has 1 heterocycles. The molecule has 2 saturated carbocycles. The molecule has 250 valence electrons. The van der Waals surface area contributed by atoms with E-state index in [0.29, 0.717) is 38.3 Å². The summed E-state index contributed by atoms with van der Waals surface area (Å²) < 4.78 is 41.5. The minimum absolute atomic E-state index is 0.00681. The number of hydrogen-bond acceptors (Lipinski definition) is 5. The Bertz CT molecular complexity index is 1620. The number of aromatic nitrogens is 2. The minimum atomic E-state index is -4.21. The molecule has 1 aromatic heterocycles. The van der Waals surface area contributed by atoms with Crippen molar-refractivity contribution < 1.29 is 22.8 Å². The molecule has 46 heavy (non-hydrogen) atoms. The maximum absolute atomic E-state index is 13.7. The van der Waals surface area contributed by atoms with Crippen molar-refractivity contribution in [2.75, 3.05) is 17.3 Å². The predicted molar refractivity (Wildman–Crippen MR) is 177 cm³/mol. The Morgan fingerprint density at radius 3 is 2.30 bits per heavy atom. The molecule has 3 N–H and O–H groups in total. The summed E-state index contributed by atoms with van der Waals surface area (Å²) in [5, 5.41) is 9.88. The van der Waals surface area contributed by atoms with E-state index < -0.39 is 17.5 Å². The highest BCUT2D eigenvalue weighted by atomic mass is 35.5. The van der Waals surface area contributed by atoms with Crippen LogP contribution in [-0.2, 0) is 18.4 Å². The summed E-state index contributed by atoms with van der Waals surface area (Å²) in [4.78, 5) is 33.0. The largest absolute Gasteiger partial charge is 0.391 e. The number of hydrogen-bond donors (Lipinski definition) is 3. The van der Waals surface area contributed by atoms with Gasteiger partial charge in [-0.25, -0.2) is 4.98 Å². The summed E-state index contributed by atoms with van der Waals surface area (Å²) in [6.45, 7) is 5.71. The lowest BCUT2D eigenvalue weighted by molar-refractivity contribution is -0.182. The number of anilines is 3. The maximum Gasteiger partial charge on any atom is 0.391 e. The minimum Gasteiger partial charge on any atom is -0.371 e. The molecule has 2 aliphatic carbocycles. The number of aryl methyl sites for hydroxylation is 1. The van der Waals surface area contributed by atoms with Crippen molar-refractivity contribution in [3.8, 4) is 0 Å². The van der Waals surface area contributed by atoms with Gasteiger partial charge in [0, 0.05) is 38.1 Å². The smallest absolute Gasteiger partial charge is 0.371 e. The van der Waals surface area contributed by atoms with Gasteiger partial charge in [0.15, 0.2) is 0 Å². The van der Waals surface area contributed by atoms with Gasteiger partial charge in [0.1, 0.15) is 0 Å². The summed E-state index contributed by atoms with van der Waals surface area (Å²) in [5.74, 6) is -1.31. The molecule has 2 aromatic carbocycles. The number of alkyl halides is 3. The van der Waals surface area contributed by atoms with Crippen LogP contribution in [0.1, 0.15) is 81.6 Å². The van der Waals surface area contributed by atoms with Crippen molar-refractivity contribution in [3.63, 3.8) is 0 Å². The van der Waals surface area contributed by atoms with Gasteiger partial charge in [0.25, 0.3) is 5.91 Å². The molecule has 2 aliphatic rings. The van der Waals surface area contributed by atoms with E-state index in [9.17, 15) is 22.8 Å². The molecule has 0 saturated heterocycles. The Balaban J connectivity index is 1.43. The number of benzene rings is 2. The molecule has 8 nitrogen and oxygen atoms in total. The van der Waals surface area contributed by atoms with Crippen LogP contribution < -0.4 is 20.9 Å². The number of carbonyl (C=O) groups excluding carboxylic acids is 2. The highest BCUT2D eigenvalue weighted by Gasteiger charge is 2.41. The second-order valence-electron chi connectivity index (χ2n) is 13.6. The first-order chi connectivity index (χ1) is 21.5. The Hall–Kier alpha value is -3.18. The lowest BCUT2D eigenvalue weighted by atomic mass is 9.85. The van der Waals surface area contributed by atoms with Crippen LogP contribution >= 0.6 is 23.2 Å². The van der Waals surface area contributed by atoms with E-state index in [4.69, 9.17) is 28.2 Å². The molecule has 3 aromatic rings. The number of amides is 2. The first-order valence-corrected chi connectivity index (χ1v) is 16.4. The average molecular weight is 682 g/mol. The molecule has 0 unspecified atom stereocenters. The summed E-state index contributed by atoms with van der Waals surface area (Å²) >= 11 is 13.3. The van der Waals surface area contributed by atoms with E-state index in [1.54, 1.807) is 18.2 Å². The highest BCUT2D eigenvalue weighted by molar-refractivity contribution is 6.39. The number of nitrogens with zero attached hydrogens (tertiary/aromatic N) is 3. The van der Waals surface area contributed by atoms with Gasteiger partial charge in [-0.15, -0.1) is 0 Å². The maximum atomic E-state index is 13.7. The monoisotopic (exact) mass is 680 g/mol. The molecule has 2 fully saturated rings. The molecule has 0 spiro atoms. The van der Waals surface area contributed by atoms with Crippen molar-refractivity contribution in [1.29, 1.82) is 0 Å². The van der Waals surface area contributed by atoms with E-state index in [2.05, 4.69) is 20.9 Å². The fourth-order valence-electron chi connectivity index (χ4n) is 6.01. The first kappa shape index (κ1) is 34.2. The van der Waals surface area contributed by atoms with E-state index >= 15 is 0 Å². The molecule has 2 amide bonds. The number of rotatable bonds is 8. The van der Waals surface area contributed by atoms with Gasteiger partial charge < -0.3 is 25.4 Å². The third-order valence-corrected chi connectivity index (χ3v) is 10.0. The zero-order chi connectivity index (χ0) is 33.6. The lowest BCUT2D eigenvalue weighted by Crippen LogP contribution is -2.42. The summed E-state index contributed by atoms with van der Waals surface area (Å²) in [5.41, 5.74) is 3.05. The average Bonchev–Trinajstić information content (AvgIpc) is 3.26. The second-order valence-corrected chi connectivity index (χ2v) is 14.4. The molecule has 0 radical (unpaired) electrons. The normalized spacial score (nSPS) is 19.1. The Morgan fingerprint density at radius 1 is 1.04 bits per heavy atom. The van der Waals surface area contributed by atoms with Crippen LogP contribution in [0, 0.1) is 11.3 Å². The van der Waals surface area contributed by atoms with Gasteiger partial charge in [0.05, 0.1) is 43.9 Å². The van der Waals surface area contributed by atoms with Crippen LogP contribution in [0.4, 0.5) is 30.5 Å². The highest BCUT2D eigenvalue weighted by Crippen LogP contribution is 2.40. The molecule has 13 heteroatoms. The van der Waals surface area contributed by atoms with Crippen LogP contribution in [0.15, 0.2) is 24.3 Å². The van der Waals surface area contributed by atoms with Crippen molar-refractivity contribution >= 4 is 63.4 Å². The van der Waals surface area contributed by atoms with Crippen LogP contribution in [0.3, 0.4) is 0 Å². The van der Waals surface area contributed by atoms with Crippen molar-refractivity contribution in [2.24, 2.45) is 18.4 Å².